The molecule has 6 heteroatoms. The van der Waals surface area contributed by atoms with Gasteiger partial charge in [0.1, 0.15) is 5.01 Å². The molecule has 3 rings (SSSR count). The smallest absolute Gasteiger partial charge is 0.331 e. The number of amides is 1. The van der Waals surface area contributed by atoms with Crippen LogP contribution in [-0.4, -0.2) is 34.9 Å². The molecule has 1 atom stereocenters. The van der Waals surface area contributed by atoms with Crippen LogP contribution in [0, 0.1) is 0 Å². The van der Waals surface area contributed by atoms with Crippen molar-refractivity contribution in [3.05, 3.63) is 71.2 Å². The van der Waals surface area contributed by atoms with Crippen molar-refractivity contribution in [3.63, 3.8) is 0 Å². The molecule has 27 heavy (non-hydrogen) atoms. The highest BCUT2D eigenvalue weighted by atomic mass is 32.1. The van der Waals surface area contributed by atoms with E-state index >= 15 is 0 Å². The Morgan fingerprint density at radius 1 is 1.15 bits per heavy atom. The van der Waals surface area contributed by atoms with Crippen LogP contribution in [-0.2, 0) is 20.9 Å². The summed E-state index contributed by atoms with van der Waals surface area (Å²) >= 11 is 1.49. The Morgan fingerprint density at radius 2 is 1.85 bits per heavy atom. The van der Waals surface area contributed by atoms with Crippen LogP contribution in [0.3, 0.4) is 0 Å². The molecule has 0 radical (unpaired) electrons. The van der Waals surface area contributed by atoms with Crippen molar-refractivity contribution in [1.29, 1.82) is 0 Å². The van der Waals surface area contributed by atoms with Gasteiger partial charge in [0.15, 0.2) is 6.10 Å². The van der Waals surface area contributed by atoms with E-state index in [0.717, 1.165) is 15.8 Å². The van der Waals surface area contributed by atoms with Gasteiger partial charge in [-0.2, -0.15) is 0 Å². The Hall–Kier alpha value is -2.99. The second-order valence-corrected chi connectivity index (χ2v) is 7.17. The lowest BCUT2D eigenvalue weighted by atomic mass is 10.2. The average molecular weight is 380 g/mol. The van der Waals surface area contributed by atoms with Crippen molar-refractivity contribution in [2.24, 2.45) is 0 Å². The van der Waals surface area contributed by atoms with Crippen molar-refractivity contribution < 1.29 is 14.3 Å². The van der Waals surface area contributed by atoms with Crippen molar-refractivity contribution in [2.75, 3.05) is 7.05 Å². The first-order chi connectivity index (χ1) is 13.0. The summed E-state index contributed by atoms with van der Waals surface area (Å²) in [5.74, 6) is -0.816. The molecule has 0 aliphatic carbocycles. The van der Waals surface area contributed by atoms with E-state index in [4.69, 9.17) is 4.74 Å². The zero-order valence-corrected chi connectivity index (χ0v) is 16.0. The van der Waals surface area contributed by atoms with Crippen LogP contribution in [0.2, 0.25) is 0 Å². The second kappa shape index (κ2) is 8.60. The Balaban J connectivity index is 1.55. The number of likely N-dealkylation sites (N-methyl/N-ethyl adjacent to an activating group) is 1. The van der Waals surface area contributed by atoms with Crippen molar-refractivity contribution in [1.82, 2.24) is 9.88 Å². The summed E-state index contributed by atoms with van der Waals surface area (Å²) in [6.45, 7) is 2.04. The molecule has 2 aromatic carbocycles. The zero-order valence-electron chi connectivity index (χ0n) is 15.2. The number of aromatic nitrogens is 1. The largest absolute Gasteiger partial charge is 0.449 e. The maximum Gasteiger partial charge on any atom is 0.331 e. The van der Waals surface area contributed by atoms with E-state index < -0.39 is 12.1 Å². The van der Waals surface area contributed by atoms with Gasteiger partial charge in [-0.15, -0.1) is 11.3 Å². The van der Waals surface area contributed by atoms with Gasteiger partial charge in [0.2, 0.25) is 0 Å². The van der Waals surface area contributed by atoms with Crippen molar-refractivity contribution in [2.45, 2.75) is 19.6 Å². The van der Waals surface area contributed by atoms with E-state index in [0.29, 0.717) is 11.6 Å². The maximum absolute atomic E-state index is 12.4. The number of carbonyl (C=O) groups is 2. The third-order valence-electron chi connectivity index (χ3n) is 3.95. The highest BCUT2D eigenvalue weighted by Gasteiger charge is 2.20. The monoisotopic (exact) mass is 380 g/mol. The molecule has 0 fully saturated rings. The molecule has 1 amide bonds. The zero-order chi connectivity index (χ0) is 19.2. The van der Waals surface area contributed by atoms with Crippen LogP contribution in [0.1, 0.15) is 17.5 Å². The number of benzene rings is 2. The molecule has 0 N–H and O–H groups in total. The Bertz CT molecular complexity index is 933. The molecule has 0 aliphatic rings. The molecular weight excluding hydrogens is 360 g/mol. The van der Waals surface area contributed by atoms with Crippen LogP contribution < -0.4 is 0 Å². The van der Waals surface area contributed by atoms with E-state index in [1.165, 1.54) is 17.4 Å². The van der Waals surface area contributed by atoms with E-state index in [2.05, 4.69) is 4.98 Å². The lowest BCUT2D eigenvalue weighted by Gasteiger charge is -2.21. The highest BCUT2D eigenvalue weighted by Crippen LogP contribution is 2.22. The summed E-state index contributed by atoms with van der Waals surface area (Å²) in [5, 5.41) is 0.716. The molecule has 5 nitrogen and oxygen atoms in total. The highest BCUT2D eigenvalue weighted by molar-refractivity contribution is 7.19. The number of ether oxygens (including phenoxy) is 1. The molecule has 0 unspecified atom stereocenters. The summed E-state index contributed by atoms with van der Waals surface area (Å²) in [6, 6.07) is 17.4. The molecule has 0 aliphatic heterocycles. The number of hydrogen-bond acceptors (Lipinski definition) is 5. The average Bonchev–Trinajstić information content (AvgIpc) is 3.09. The van der Waals surface area contributed by atoms with E-state index in [1.807, 2.05) is 54.6 Å². The Morgan fingerprint density at radius 3 is 2.59 bits per heavy atom. The second-order valence-electron chi connectivity index (χ2n) is 6.11. The van der Waals surface area contributed by atoms with Crippen LogP contribution >= 0.6 is 11.3 Å². The molecule has 3 aromatic rings. The van der Waals surface area contributed by atoms with Gasteiger partial charge in [-0.05, 0) is 30.7 Å². The van der Waals surface area contributed by atoms with Gasteiger partial charge in [-0.1, -0.05) is 42.5 Å². The first-order valence-electron chi connectivity index (χ1n) is 8.56. The fourth-order valence-electron chi connectivity index (χ4n) is 2.61. The number of carbonyl (C=O) groups excluding carboxylic acids is 2. The van der Waals surface area contributed by atoms with Gasteiger partial charge in [-0.3, -0.25) is 4.79 Å². The normalized spacial score (nSPS) is 12.2. The standard InChI is InChI=1S/C21H20N2O3S/c1-15(21(25)23(2)14-16-8-4-3-5-9-16)26-20(24)13-12-19-22-17-10-6-7-11-18(17)27-19/h3-13,15H,14H2,1-2H3/b13-12+/t15-/m0/s1. The molecular formula is C21H20N2O3S. The summed E-state index contributed by atoms with van der Waals surface area (Å²) in [5.41, 5.74) is 1.91. The number of thiazole rings is 1. The number of para-hydroxylation sites is 1. The van der Waals surface area contributed by atoms with Crippen molar-refractivity contribution in [3.8, 4) is 0 Å². The molecule has 1 aromatic heterocycles. The number of esters is 1. The number of nitrogens with zero attached hydrogens (tertiary/aromatic N) is 2. The van der Waals surface area contributed by atoms with E-state index in [9.17, 15) is 9.59 Å². The SMILES string of the molecule is C[C@H](OC(=O)/C=C/c1nc2ccccc2s1)C(=O)N(C)Cc1ccccc1. The minimum Gasteiger partial charge on any atom is -0.449 e. The molecule has 0 saturated heterocycles. The fraction of sp³-hybridized carbons (Fsp3) is 0.190. The van der Waals surface area contributed by atoms with Gasteiger partial charge in [-0.25, -0.2) is 9.78 Å². The number of hydrogen-bond donors (Lipinski definition) is 0. The topological polar surface area (TPSA) is 59.5 Å². The molecule has 0 bridgehead atoms. The summed E-state index contributed by atoms with van der Waals surface area (Å²) in [7, 11) is 1.69. The van der Waals surface area contributed by atoms with Gasteiger partial charge >= 0.3 is 5.97 Å². The van der Waals surface area contributed by atoms with E-state index in [1.54, 1.807) is 24.9 Å². The predicted molar refractivity (Wildman–Crippen MR) is 107 cm³/mol. The molecule has 0 saturated carbocycles. The van der Waals surface area contributed by atoms with Crippen molar-refractivity contribution >= 4 is 39.5 Å². The fourth-order valence-corrected chi connectivity index (χ4v) is 3.48. The first kappa shape index (κ1) is 18.8. The van der Waals surface area contributed by atoms with Crippen LogP contribution in [0.5, 0.6) is 0 Å². The van der Waals surface area contributed by atoms with Gasteiger partial charge < -0.3 is 9.64 Å². The molecule has 138 valence electrons. The number of rotatable bonds is 6. The van der Waals surface area contributed by atoms with Crippen LogP contribution in [0.25, 0.3) is 16.3 Å². The van der Waals surface area contributed by atoms with Crippen LogP contribution in [0.4, 0.5) is 0 Å². The summed E-state index contributed by atoms with van der Waals surface area (Å²) < 4.78 is 6.28. The van der Waals surface area contributed by atoms with Gasteiger partial charge in [0.05, 0.1) is 10.2 Å². The third kappa shape index (κ3) is 5.01. The Labute approximate surface area is 161 Å². The lowest BCUT2D eigenvalue weighted by Crippen LogP contribution is -2.36. The minimum atomic E-state index is -0.855. The van der Waals surface area contributed by atoms with Gasteiger partial charge in [0, 0.05) is 19.7 Å². The molecule has 1 heterocycles. The predicted octanol–water partition coefficient (Wildman–Crippen LogP) is 3.90. The lowest BCUT2D eigenvalue weighted by molar-refractivity contribution is -0.154. The maximum atomic E-state index is 12.4. The first-order valence-corrected chi connectivity index (χ1v) is 9.38. The quantitative estimate of drug-likeness (QED) is 0.481. The number of fused-ring (bicyclic) bond motifs is 1. The minimum absolute atomic E-state index is 0.249. The van der Waals surface area contributed by atoms with E-state index in [-0.39, 0.29) is 5.91 Å². The molecule has 0 spiro atoms. The van der Waals surface area contributed by atoms with Crippen LogP contribution in [0.15, 0.2) is 60.7 Å². The summed E-state index contributed by atoms with van der Waals surface area (Å²) in [4.78, 5) is 30.4. The van der Waals surface area contributed by atoms with Gasteiger partial charge in [0.25, 0.3) is 5.91 Å². The Kier molecular flexibility index (Phi) is 5.98. The summed E-state index contributed by atoms with van der Waals surface area (Å²) in [6.07, 6.45) is 2.06. The third-order valence-corrected chi connectivity index (χ3v) is 4.95.